The maximum Gasteiger partial charge on any atom is 0.253 e. The monoisotopic (exact) mass is 396 g/mol. The van der Waals surface area contributed by atoms with E-state index in [0.717, 1.165) is 31.7 Å². The van der Waals surface area contributed by atoms with Crippen LogP contribution >= 0.6 is 0 Å². The second-order valence-electron chi connectivity index (χ2n) is 7.60. The van der Waals surface area contributed by atoms with Crippen LogP contribution in [-0.4, -0.2) is 65.9 Å². The third kappa shape index (κ3) is 4.39. The highest BCUT2D eigenvalue weighted by Gasteiger charge is 2.33. The van der Waals surface area contributed by atoms with Gasteiger partial charge in [0, 0.05) is 51.0 Å². The Hall–Kier alpha value is -2.96. The minimum absolute atomic E-state index is 0.127. The van der Waals surface area contributed by atoms with Crippen LogP contribution in [0.2, 0.25) is 0 Å². The van der Waals surface area contributed by atoms with E-state index in [0.29, 0.717) is 31.7 Å². The Bertz CT molecular complexity index is 851. The number of likely N-dealkylation sites (tertiary alicyclic amines) is 1. The topological polar surface area (TPSA) is 56.8 Å². The smallest absolute Gasteiger partial charge is 0.253 e. The fourth-order valence-electron chi connectivity index (χ4n) is 4.09. The fourth-order valence-corrected chi connectivity index (χ4v) is 4.09. The molecule has 0 bridgehead atoms. The fraction of sp³-hybridized carbons (Fsp3) is 0.409. The number of nitrogens with zero attached hydrogens (tertiary/aromatic N) is 4. The number of halogens is 1. The molecular formula is C22H25FN4O2. The molecule has 2 saturated heterocycles. The first-order valence-corrected chi connectivity index (χ1v) is 10.1. The van der Waals surface area contributed by atoms with Crippen LogP contribution in [-0.2, 0) is 4.79 Å². The van der Waals surface area contributed by atoms with Crippen molar-refractivity contribution in [3.63, 3.8) is 0 Å². The van der Waals surface area contributed by atoms with Crippen LogP contribution in [0, 0.1) is 11.7 Å². The van der Waals surface area contributed by atoms with Crippen molar-refractivity contribution in [3.8, 4) is 0 Å². The van der Waals surface area contributed by atoms with E-state index >= 15 is 0 Å². The molecule has 2 fully saturated rings. The van der Waals surface area contributed by atoms with Crippen molar-refractivity contribution in [2.45, 2.75) is 12.8 Å². The Morgan fingerprint density at radius 2 is 1.69 bits per heavy atom. The molecule has 2 amide bonds. The highest BCUT2D eigenvalue weighted by atomic mass is 19.1. The largest absolute Gasteiger partial charge is 0.353 e. The molecular weight excluding hydrogens is 371 g/mol. The van der Waals surface area contributed by atoms with E-state index in [1.54, 1.807) is 11.1 Å². The third-order valence-corrected chi connectivity index (χ3v) is 5.71. The van der Waals surface area contributed by atoms with Crippen LogP contribution in [0.4, 0.5) is 10.2 Å². The maximum atomic E-state index is 13.1. The predicted octanol–water partition coefficient (Wildman–Crippen LogP) is 2.42. The number of aromatic nitrogens is 1. The van der Waals surface area contributed by atoms with Gasteiger partial charge >= 0.3 is 0 Å². The van der Waals surface area contributed by atoms with Gasteiger partial charge in [0.15, 0.2) is 0 Å². The average molecular weight is 396 g/mol. The van der Waals surface area contributed by atoms with Gasteiger partial charge in [-0.3, -0.25) is 9.59 Å². The van der Waals surface area contributed by atoms with Crippen LogP contribution in [0.5, 0.6) is 0 Å². The lowest BCUT2D eigenvalue weighted by Gasteiger charge is -2.39. The highest BCUT2D eigenvalue weighted by molar-refractivity contribution is 5.94. The number of pyridine rings is 1. The summed E-state index contributed by atoms with van der Waals surface area (Å²) >= 11 is 0. The van der Waals surface area contributed by atoms with Crippen LogP contribution in [0.25, 0.3) is 0 Å². The van der Waals surface area contributed by atoms with Crippen molar-refractivity contribution in [3.05, 3.63) is 60.0 Å². The first kappa shape index (κ1) is 19.4. The molecule has 29 heavy (non-hydrogen) atoms. The van der Waals surface area contributed by atoms with Gasteiger partial charge in [0.05, 0.1) is 5.92 Å². The number of carbonyl (C=O) groups is 2. The Kier molecular flexibility index (Phi) is 5.74. The molecule has 1 aromatic heterocycles. The van der Waals surface area contributed by atoms with Crippen LogP contribution in [0.15, 0.2) is 48.7 Å². The molecule has 2 aliphatic rings. The SMILES string of the molecule is O=C(c1ccc(F)cc1)N1CCCC(C(=O)N2CCN(c3ccccn3)CC2)C1. The second kappa shape index (κ2) is 8.59. The van der Waals surface area contributed by atoms with E-state index in [1.807, 2.05) is 23.1 Å². The number of benzene rings is 1. The van der Waals surface area contributed by atoms with E-state index < -0.39 is 0 Å². The van der Waals surface area contributed by atoms with E-state index in [-0.39, 0.29) is 23.5 Å². The van der Waals surface area contributed by atoms with Gasteiger partial charge in [-0.1, -0.05) is 6.07 Å². The van der Waals surface area contributed by atoms with E-state index in [9.17, 15) is 14.0 Å². The third-order valence-electron chi connectivity index (χ3n) is 5.71. The number of hydrogen-bond donors (Lipinski definition) is 0. The number of rotatable bonds is 3. The number of hydrogen-bond acceptors (Lipinski definition) is 4. The molecule has 152 valence electrons. The van der Waals surface area contributed by atoms with Gasteiger partial charge < -0.3 is 14.7 Å². The molecule has 1 unspecified atom stereocenters. The molecule has 2 aromatic rings. The molecule has 0 spiro atoms. The zero-order chi connectivity index (χ0) is 20.2. The summed E-state index contributed by atoms with van der Waals surface area (Å²) in [5.41, 5.74) is 0.462. The molecule has 0 radical (unpaired) electrons. The van der Waals surface area contributed by atoms with Crippen LogP contribution in [0.1, 0.15) is 23.2 Å². The summed E-state index contributed by atoms with van der Waals surface area (Å²) in [5, 5.41) is 0. The molecule has 3 heterocycles. The average Bonchev–Trinajstić information content (AvgIpc) is 2.79. The Balaban J connectivity index is 1.34. The van der Waals surface area contributed by atoms with Gasteiger partial charge in [0.25, 0.3) is 5.91 Å². The van der Waals surface area contributed by atoms with Crippen LogP contribution in [0.3, 0.4) is 0 Å². The van der Waals surface area contributed by atoms with E-state index in [2.05, 4.69) is 9.88 Å². The maximum absolute atomic E-state index is 13.1. The Labute approximate surface area is 169 Å². The second-order valence-corrected chi connectivity index (χ2v) is 7.60. The molecule has 2 aliphatic heterocycles. The lowest BCUT2D eigenvalue weighted by Crippen LogP contribution is -2.53. The van der Waals surface area contributed by atoms with Gasteiger partial charge in [-0.2, -0.15) is 0 Å². The predicted molar refractivity (Wildman–Crippen MR) is 108 cm³/mol. The molecule has 1 atom stereocenters. The first-order valence-electron chi connectivity index (χ1n) is 10.1. The Morgan fingerprint density at radius 1 is 0.931 bits per heavy atom. The summed E-state index contributed by atoms with van der Waals surface area (Å²) in [6.45, 7) is 3.90. The normalized spacial score (nSPS) is 19.9. The summed E-state index contributed by atoms with van der Waals surface area (Å²) < 4.78 is 13.1. The summed E-state index contributed by atoms with van der Waals surface area (Å²) in [6, 6.07) is 11.4. The minimum atomic E-state index is -0.363. The van der Waals surface area contributed by atoms with Gasteiger partial charge in [-0.15, -0.1) is 0 Å². The number of piperidine rings is 1. The van der Waals surface area contributed by atoms with Crippen molar-refractivity contribution < 1.29 is 14.0 Å². The Morgan fingerprint density at radius 3 is 2.38 bits per heavy atom. The van der Waals surface area contributed by atoms with Gasteiger partial charge in [0.1, 0.15) is 11.6 Å². The zero-order valence-corrected chi connectivity index (χ0v) is 16.3. The summed E-state index contributed by atoms with van der Waals surface area (Å²) in [6.07, 6.45) is 3.38. The number of carbonyl (C=O) groups excluding carboxylic acids is 2. The molecule has 4 rings (SSSR count). The zero-order valence-electron chi connectivity index (χ0n) is 16.3. The number of piperazine rings is 1. The standard InChI is InChI=1S/C22H25FN4O2/c23-19-8-6-17(7-9-19)21(28)27-11-3-4-18(16-27)22(29)26-14-12-25(13-15-26)20-5-1-2-10-24-20/h1-2,5-10,18H,3-4,11-16H2. The van der Waals surface area contributed by atoms with Crippen molar-refractivity contribution in [2.24, 2.45) is 5.92 Å². The summed E-state index contributed by atoms with van der Waals surface area (Å²) in [4.78, 5) is 36.0. The van der Waals surface area contributed by atoms with Gasteiger partial charge in [-0.25, -0.2) is 9.37 Å². The molecule has 0 saturated carbocycles. The van der Waals surface area contributed by atoms with Gasteiger partial charge in [0.2, 0.25) is 5.91 Å². The highest BCUT2D eigenvalue weighted by Crippen LogP contribution is 2.22. The van der Waals surface area contributed by atoms with Crippen molar-refractivity contribution in [2.75, 3.05) is 44.2 Å². The molecule has 6 nitrogen and oxygen atoms in total. The van der Waals surface area contributed by atoms with Crippen LogP contribution < -0.4 is 4.90 Å². The minimum Gasteiger partial charge on any atom is -0.353 e. The van der Waals surface area contributed by atoms with E-state index in [4.69, 9.17) is 0 Å². The molecule has 1 aromatic carbocycles. The van der Waals surface area contributed by atoms with Crippen molar-refractivity contribution >= 4 is 17.6 Å². The molecule has 7 heteroatoms. The quantitative estimate of drug-likeness (QED) is 0.800. The molecule has 0 aliphatic carbocycles. The molecule has 0 N–H and O–H groups in total. The van der Waals surface area contributed by atoms with Crippen molar-refractivity contribution in [1.29, 1.82) is 0 Å². The lowest BCUT2D eigenvalue weighted by molar-refractivity contribution is -0.137. The summed E-state index contributed by atoms with van der Waals surface area (Å²) in [5.74, 6) is 0.394. The number of amides is 2. The number of anilines is 1. The first-order chi connectivity index (χ1) is 14.1. The van der Waals surface area contributed by atoms with E-state index in [1.165, 1.54) is 24.3 Å². The van der Waals surface area contributed by atoms with Gasteiger partial charge in [-0.05, 0) is 49.2 Å². The summed E-state index contributed by atoms with van der Waals surface area (Å²) in [7, 11) is 0. The lowest BCUT2D eigenvalue weighted by atomic mass is 9.95. The van der Waals surface area contributed by atoms with Crippen molar-refractivity contribution in [1.82, 2.24) is 14.8 Å².